The topological polar surface area (TPSA) is 42.2 Å². The SMILES string of the molecule is C=C(C#N)/C=C1\C(=C/C)c2ccc(B3OC(C)(C)C(C)(C)O3)cc2C1(C)C. The molecule has 1 aliphatic heterocycles. The molecule has 3 rings (SSSR count). The van der Waals surface area contributed by atoms with Gasteiger partial charge in [-0.25, -0.2) is 0 Å². The lowest BCUT2D eigenvalue weighted by atomic mass is 9.74. The van der Waals surface area contributed by atoms with Crippen LogP contribution in [0.1, 0.15) is 59.6 Å². The fraction of sp³-hybridized carbons (Fsp3) is 0.435. The summed E-state index contributed by atoms with van der Waals surface area (Å²) < 4.78 is 12.5. The molecule has 1 fully saturated rings. The maximum atomic E-state index is 9.18. The number of fused-ring (bicyclic) bond motifs is 1. The van der Waals surface area contributed by atoms with E-state index < -0.39 is 0 Å². The van der Waals surface area contributed by atoms with Crippen molar-refractivity contribution in [3.8, 4) is 6.07 Å². The van der Waals surface area contributed by atoms with Gasteiger partial charge in [-0.15, -0.1) is 0 Å². The quantitative estimate of drug-likeness (QED) is 0.567. The van der Waals surface area contributed by atoms with E-state index >= 15 is 0 Å². The number of nitriles is 1. The van der Waals surface area contributed by atoms with Crippen LogP contribution < -0.4 is 5.46 Å². The van der Waals surface area contributed by atoms with E-state index in [0.717, 1.165) is 16.6 Å². The molecular weight excluding hydrogens is 333 g/mol. The van der Waals surface area contributed by atoms with Crippen LogP contribution >= 0.6 is 0 Å². The van der Waals surface area contributed by atoms with Crippen molar-refractivity contribution in [1.82, 2.24) is 0 Å². The van der Waals surface area contributed by atoms with Crippen molar-refractivity contribution in [2.24, 2.45) is 0 Å². The van der Waals surface area contributed by atoms with Crippen LogP contribution in [0.3, 0.4) is 0 Å². The molecule has 0 saturated carbocycles. The predicted molar refractivity (Wildman–Crippen MR) is 112 cm³/mol. The Hall–Kier alpha value is -2.09. The van der Waals surface area contributed by atoms with Crippen LogP contribution in [-0.4, -0.2) is 18.3 Å². The van der Waals surface area contributed by atoms with Crippen LogP contribution in [0.5, 0.6) is 0 Å². The first-order valence-corrected chi connectivity index (χ1v) is 9.43. The number of allylic oxidation sites excluding steroid dienone is 5. The molecule has 3 nitrogen and oxygen atoms in total. The largest absolute Gasteiger partial charge is 0.494 e. The molecule has 4 heteroatoms. The minimum atomic E-state index is -0.382. The number of nitrogens with zero attached hydrogens (tertiary/aromatic N) is 1. The third-order valence-electron chi connectivity index (χ3n) is 6.25. The Balaban J connectivity index is 2.08. The zero-order valence-corrected chi connectivity index (χ0v) is 17.4. The first kappa shape index (κ1) is 19.7. The smallest absolute Gasteiger partial charge is 0.399 e. The van der Waals surface area contributed by atoms with Crippen molar-refractivity contribution < 1.29 is 9.31 Å². The van der Waals surface area contributed by atoms with Crippen LogP contribution in [0.4, 0.5) is 0 Å². The zero-order valence-electron chi connectivity index (χ0n) is 17.4. The minimum absolute atomic E-state index is 0.226. The Morgan fingerprint density at radius 3 is 2.22 bits per heavy atom. The highest BCUT2D eigenvalue weighted by molar-refractivity contribution is 6.62. The Morgan fingerprint density at radius 1 is 1.11 bits per heavy atom. The second-order valence-electron chi connectivity index (χ2n) is 8.92. The lowest BCUT2D eigenvalue weighted by Crippen LogP contribution is -2.41. The average molecular weight is 361 g/mol. The van der Waals surface area contributed by atoms with Gasteiger partial charge in [-0.05, 0) is 68.4 Å². The standard InChI is InChI=1S/C23H28BNO2/c1-9-17-18-11-10-16(24-26-22(5,6)23(7,8)27-24)13-20(18)21(3,4)19(17)12-15(2)14-25/h9-13H,2H2,1,3-8H3/b17-9-,19-12+. The monoisotopic (exact) mass is 361 g/mol. The summed E-state index contributed by atoms with van der Waals surface area (Å²) in [6.45, 7) is 18.5. The lowest BCUT2D eigenvalue weighted by molar-refractivity contribution is 0.00578. The third-order valence-corrected chi connectivity index (χ3v) is 6.25. The van der Waals surface area contributed by atoms with Gasteiger partial charge >= 0.3 is 7.12 Å². The van der Waals surface area contributed by atoms with Crippen molar-refractivity contribution in [3.05, 3.63) is 59.2 Å². The summed E-state index contributed by atoms with van der Waals surface area (Å²) >= 11 is 0. The van der Waals surface area contributed by atoms with Gasteiger partial charge in [-0.1, -0.05) is 44.7 Å². The molecule has 0 aromatic heterocycles. The van der Waals surface area contributed by atoms with Gasteiger partial charge in [0, 0.05) is 11.0 Å². The van der Waals surface area contributed by atoms with E-state index in [1.807, 2.05) is 13.0 Å². The van der Waals surface area contributed by atoms with Crippen LogP contribution in [0.25, 0.3) is 5.57 Å². The molecule has 0 atom stereocenters. The highest BCUT2D eigenvalue weighted by Crippen LogP contribution is 2.49. The predicted octanol–water partition coefficient (Wildman–Crippen LogP) is 4.69. The summed E-state index contributed by atoms with van der Waals surface area (Å²) in [5, 5.41) is 9.18. The molecule has 0 bridgehead atoms. The van der Waals surface area contributed by atoms with E-state index in [-0.39, 0.29) is 23.7 Å². The number of benzene rings is 1. The molecular formula is C23H28BNO2. The summed E-state index contributed by atoms with van der Waals surface area (Å²) in [5.74, 6) is 0. The molecule has 2 aliphatic rings. The first-order chi connectivity index (χ1) is 12.4. The molecule has 0 amide bonds. The van der Waals surface area contributed by atoms with Crippen molar-refractivity contribution in [3.63, 3.8) is 0 Å². The van der Waals surface area contributed by atoms with Gasteiger partial charge in [0.25, 0.3) is 0 Å². The Morgan fingerprint density at radius 2 is 1.70 bits per heavy atom. The van der Waals surface area contributed by atoms with Gasteiger partial charge in [0.05, 0.1) is 17.3 Å². The van der Waals surface area contributed by atoms with Crippen molar-refractivity contribution in [2.75, 3.05) is 0 Å². The van der Waals surface area contributed by atoms with Gasteiger partial charge in [-0.2, -0.15) is 5.26 Å². The summed E-state index contributed by atoms with van der Waals surface area (Å²) in [6, 6.07) is 8.56. The normalized spacial score (nSPS) is 24.9. The molecule has 1 aromatic rings. The van der Waals surface area contributed by atoms with Crippen LogP contribution in [0.15, 0.2) is 48.1 Å². The Kier molecular flexibility index (Phi) is 4.53. The summed E-state index contributed by atoms with van der Waals surface area (Å²) in [7, 11) is -0.382. The van der Waals surface area contributed by atoms with Gasteiger partial charge in [0.1, 0.15) is 0 Å². The molecule has 1 aliphatic carbocycles. The maximum absolute atomic E-state index is 9.18. The van der Waals surface area contributed by atoms with E-state index in [0.29, 0.717) is 5.57 Å². The lowest BCUT2D eigenvalue weighted by Gasteiger charge is -2.32. The van der Waals surface area contributed by atoms with Gasteiger partial charge in [-0.3, -0.25) is 0 Å². The van der Waals surface area contributed by atoms with Crippen molar-refractivity contribution in [2.45, 2.75) is 65.1 Å². The zero-order chi connectivity index (χ0) is 20.2. The summed E-state index contributed by atoms with van der Waals surface area (Å²) in [6.07, 6.45) is 4.02. The maximum Gasteiger partial charge on any atom is 0.494 e. The van der Waals surface area contributed by atoms with Crippen molar-refractivity contribution in [1.29, 1.82) is 5.26 Å². The molecule has 27 heavy (non-hydrogen) atoms. The third kappa shape index (κ3) is 3.00. The van der Waals surface area contributed by atoms with Gasteiger partial charge < -0.3 is 9.31 Å². The average Bonchev–Trinajstić information content (AvgIpc) is 2.94. The minimum Gasteiger partial charge on any atom is -0.399 e. The molecule has 1 saturated heterocycles. The number of rotatable bonds is 2. The molecule has 1 heterocycles. The van der Waals surface area contributed by atoms with E-state index in [1.165, 1.54) is 11.1 Å². The second-order valence-corrected chi connectivity index (χ2v) is 8.92. The van der Waals surface area contributed by atoms with Crippen LogP contribution in [0.2, 0.25) is 0 Å². The van der Waals surface area contributed by atoms with Gasteiger partial charge in [0.2, 0.25) is 0 Å². The fourth-order valence-corrected chi connectivity index (χ4v) is 3.84. The molecule has 0 radical (unpaired) electrons. The molecule has 0 N–H and O–H groups in total. The van der Waals surface area contributed by atoms with Crippen LogP contribution in [-0.2, 0) is 14.7 Å². The first-order valence-electron chi connectivity index (χ1n) is 9.43. The van der Waals surface area contributed by atoms with Gasteiger partial charge in [0.15, 0.2) is 0 Å². The molecule has 1 aromatic carbocycles. The Labute approximate surface area is 163 Å². The summed E-state index contributed by atoms with van der Waals surface area (Å²) in [5.41, 5.74) is 5.24. The van der Waals surface area contributed by atoms with E-state index in [1.54, 1.807) is 0 Å². The van der Waals surface area contributed by atoms with Crippen molar-refractivity contribution >= 4 is 18.2 Å². The van der Waals surface area contributed by atoms with E-state index in [9.17, 15) is 5.26 Å². The summed E-state index contributed by atoms with van der Waals surface area (Å²) in [4.78, 5) is 0. The van der Waals surface area contributed by atoms with Crippen LogP contribution in [0, 0.1) is 11.3 Å². The van der Waals surface area contributed by atoms with E-state index in [2.05, 4.69) is 78.5 Å². The molecule has 140 valence electrons. The second kappa shape index (κ2) is 6.22. The Bertz CT molecular complexity index is 897. The number of hydrogen-bond donors (Lipinski definition) is 0. The number of hydrogen-bond acceptors (Lipinski definition) is 3. The van der Waals surface area contributed by atoms with E-state index in [4.69, 9.17) is 9.31 Å². The highest BCUT2D eigenvalue weighted by atomic mass is 16.7. The molecule has 0 unspecified atom stereocenters. The molecule has 0 spiro atoms. The fourth-order valence-electron chi connectivity index (χ4n) is 3.84. The highest BCUT2D eigenvalue weighted by Gasteiger charge is 2.52.